The topological polar surface area (TPSA) is 72.5 Å². The average Bonchev–Trinajstić information content (AvgIpc) is 3.16. The molecule has 25 heavy (non-hydrogen) atoms. The second kappa shape index (κ2) is 8.07. The highest BCUT2D eigenvalue weighted by Gasteiger charge is 2.13. The van der Waals surface area contributed by atoms with Crippen LogP contribution in [0.2, 0.25) is 0 Å². The van der Waals surface area contributed by atoms with Crippen molar-refractivity contribution in [2.45, 2.75) is 17.7 Å². The van der Waals surface area contributed by atoms with Crippen LogP contribution in [0.4, 0.5) is 11.4 Å². The number of rotatable bonds is 6. The molecule has 2 aromatic rings. The molecule has 1 N–H and O–H groups in total. The number of benzene rings is 2. The van der Waals surface area contributed by atoms with Crippen molar-refractivity contribution >= 4 is 35.0 Å². The van der Waals surface area contributed by atoms with E-state index in [1.165, 1.54) is 24.6 Å². The van der Waals surface area contributed by atoms with E-state index >= 15 is 0 Å². The van der Waals surface area contributed by atoms with E-state index in [1.807, 2.05) is 24.3 Å². The van der Waals surface area contributed by atoms with Crippen molar-refractivity contribution in [3.05, 3.63) is 54.1 Å². The van der Waals surface area contributed by atoms with Gasteiger partial charge in [-0.25, -0.2) is 0 Å². The van der Waals surface area contributed by atoms with E-state index in [9.17, 15) is 14.7 Å². The zero-order chi connectivity index (χ0) is 17.6. The number of hydrogen-bond acceptors (Lipinski definition) is 5. The summed E-state index contributed by atoms with van der Waals surface area (Å²) in [4.78, 5) is 25.9. The van der Waals surface area contributed by atoms with E-state index in [0.29, 0.717) is 11.3 Å². The summed E-state index contributed by atoms with van der Waals surface area (Å²) in [5, 5.41) is 13.3. The van der Waals surface area contributed by atoms with Gasteiger partial charge in [-0.3, -0.25) is 4.79 Å². The molecule has 130 valence electrons. The largest absolute Gasteiger partial charge is 0.549 e. The van der Waals surface area contributed by atoms with Crippen molar-refractivity contribution in [1.29, 1.82) is 0 Å². The highest BCUT2D eigenvalue weighted by atomic mass is 32.2. The number of amides is 1. The Bertz CT molecular complexity index is 738. The van der Waals surface area contributed by atoms with E-state index in [2.05, 4.69) is 10.2 Å². The van der Waals surface area contributed by atoms with Gasteiger partial charge in [0.1, 0.15) is 0 Å². The van der Waals surface area contributed by atoms with Gasteiger partial charge in [0.2, 0.25) is 0 Å². The molecular formula is C19H19N2O3S-. The molecule has 1 heterocycles. The molecule has 0 atom stereocenters. The molecule has 5 nitrogen and oxygen atoms in total. The number of carbonyl (C=O) groups is 2. The van der Waals surface area contributed by atoms with Crippen LogP contribution in [-0.2, 0) is 4.79 Å². The number of thioether (sulfide) groups is 1. The molecule has 0 bridgehead atoms. The van der Waals surface area contributed by atoms with Crippen LogP contribution in [0.25, 0.3) is 0 Å². The van der Waals surface area contributed by atoms with E-state index in [1.54, 1.807) is 24.3 Å². The maximum absolute atomic E-state index is 12.3. The van der Waals surface area contributed by atoms with Crippen molar-refractivity contribution < 1.29 is 14.7 Å². The molecule has 0 saturated carbocycles. The molecule has 0 unspecified atom stereocenters. The molecule has 0 radical (unpaired) electrons. The minimum absolute atomic E-state index is 0.0882. The third-order valence-corrected chi connectivity index (χ3v) is 5.06. The van der Waals surface area contributed by atoms with E-state index < -0.39 is 5.97 Å². The molecule has 1 fully saturated rings. The van der Waals surface area contributed by atoms with Crippen LogP contribution in [0, 0.1) is 0 Å². The number of carbonyl (C=O) groups excluding carboxylic acids is 2. The highest BCUT2D eigenvalue weighted by molar-refractivity contribution is 8.00. The summed E-state index contributed by atoms with van der Waals surface area (Å²) in [5.41, 5.74) is 2.44. The Morgan fingerprint density at radius 3 is 2.24 bits per heavy atom. The number of hydrogen-bond donors (Lipinski definition) is 1. The summed E-state index contributed by atoms with van der Waals surface area (Å²) < 4.78 is 0. The second-order valence-electron chi connectivity index (χ2n) is 5.88. The maximum atomic E-state index is 12.3. The first-order valence-electron chi connectivity index (χ1n) is 8.21. The average molecular weight is 355 g/mol. The van der Waals surface area contributed by atoms with Gasteiger partial charge < -0.3 is 20.1 Å². The summed E-state index contributed by atoms with van der Waals surface area (Å²) in [7, 11) is 0. The lowest BCUT2D eigenvalue weighted by Crippen LogP contribution is -2.24. The fourth-order valence-electron chi connectivity index (χ4n) is 2.78. The van der Waals surface area contributed by atoms with Crippen LogP contribution < -0.4 is 15.3 Å². The Balaban J connectivity index is 1.58. The van der Waals surface area contributed by atoms with Gasteiger partial charge in [-0.05, 0) is 61.4 Å². The van der Waals surface area contributed by atoms with Gasteiger partial charge >= 0.3 is 0 Å². The van der Waals surface area contributed by atoms with Gasteiger partial charge in [-0.2, -0.15) is 0 Å². The highest BCUT2D eigenvalue weighted by Crippen LogP contribution is 2.22. The number of anilines is 2. The monoisotopic (exact) mass is 355 g/mol. The van der Waals surface area contributed by atoms with Crippen LogP contribution in [0.15, 0.2) is 53.4 Å². The molecule has 0 spiro atoms. The number of aliphatic carboxylic acids is 1. The van der Waals surface area contributed by atoms with Crippen molar-refractivity contribution in [3.63, 3.8) is 0 Å². The molecule has 2 aromatic carbocycles. The van der Waals surface area contributed by atoms with Gasteiger partial charge in [-0.15, -0.1) is 11.8 Å². The molecule has 0 aromatic heterocycles. The maximum Gasteiger partial charge on any atom is 0.255 e. The first-order valence-corrected chi connectivity index (χ1v) is 9.19. The summed E-state index contributed by atoms with van der Waals surface area (Å²) in [6.45, 7) is 2.15. The molecule has 1 aliphatic rings. The fourth-order valence-corrected chi connectivity index (χ4v) is 3.39. The van der Waals surface area contributed by atoms with Gasteiger partial charge in [0.05, 0.1) is 5.97 Å². The van der Waals surface area contributed by atoms with Crippen LogP contribution >= 0.6 is 11.8 Å². The van der Waals surface area contributed by atoms with Gasteiger partial charge in [-0.1, -0.05) is 0 Å². The Hall–Kier alpha value is -2.47. The SMILES string of the molecule is O=C([O-])CSc1ccc(NC(=O)c2ccc(N3CCCC3)cc2)cc1. The summed E-state index contributed by atoms with van der Waals surface area (Å²) >= 11 is 1.19. The first kappa shape index (κ1) is 17.4. The summed E-state index contributed by atoms with van der Waals surface area (Å²) in [6.07, 6.45) is 2.44. The Morgan fingerprint density at radius 1 is 1.00 bits per heavy atom. The number of nitrogens with zero attached hydrogens (tertiary/aromatic N) is 1. The van der Waals surface area contributed by atoms with Crippen LogP contribution in [0.5, 0.6) is 0 Å². The number of carboxylic acids is 1. The van der Waals surface area contributed by atoms with Crippen LogP contribution in [0.3, 0.4) is 0 Å². The normalized spacial score (nSPS) is 13.7. The number of carboxylic acid groups (broad SMARTS) is 1. The Labute approximate surface area is 151 Å². The Kier molecular flexibility index (Phi) is 5.60. The third-order valence-electron chi connectivity index (χ3n) is 4.07. The fraction of sp³-hybridized carbons (Fsp3) is 0.263. The van der Waals surface area contributed by atoms with Crippen LogP contribution in [0.1, 0.15) is 23.2 Å². The zero-order valence-electron chi connectivity index (χ0n) is 13.7. The summed E-state index contributed by atoms with van der Waals surface area (Å²) in [5.74, 6) is -1.35. The van der Waals surface area contributed by atoms with Gasteiger partial charge in [0, 0.05) is 40.7 Å². The van der Waals surface area contributed by atoms with E-state index in [4.69, 9.17) is 0 Å². The number of nitrogens with one attached hydrogen (secondary N) is 1. The van der Waals surface area contributed by atoms with E-state index in [0.717, 1.165) is 23.7 Å². The van der Waals surface area contributed by atoms with Crippen molar-refractivity contribution in [3.8, 4) is 0 Å². The van der Waals surface area contributed by atoms with Crippen molar-refractivity contribution in [1.82, 2.24) is 0 Å². The molecular weight excluding hydrogens is 336 g/mol. The van der Waals surface area contributed by atoms with E-state index in [-0.39, 0.29) is 11.7 Å². The predicted octanol–water partition coefficient (Wildman–Crippen LogP) is 2.38. The standard InChI is InChI=1S/C19H20N2O3S/c22-18(23)13-25-17-9-5-15(6-10-17)20-19(24)14-3-7-16(8-4-14)21-11-1-2-12-21/h3-10H,1-2,11-13H2,(H,20,24)(H,22,23)/p-1. The first-order chi connectivity index (χ1) is 12.1. The Morgan fingerprint density at radius 2 is 1.64 bits per heavy atom. The molecule has 0 aliphatic carbocycles. The van der Waals surface area contributed by atoms with Crippen LogP contribution in [-0.4, -0.2) is 30.7 Å². The lowest BCUT2D eigenvalue weighted by atomic mass is 10.2. The molecule has 1 saturated heterocycles. The summed E-state index contributed by atoms with van der Waals surface area (Å²) in [6, 6.07) is 14.7. The molecule has 6 heteroatoms. The van der Waals surface area contributed by atoms with Crippen molar-refractivity contribution in [2.24, 2.45) is 0 Å². The minimum atomic E-state index is -1.10. The second-order valence-corrected chi connectivity index (χ2v) is 6.93. The lowest BCUT2D eigenvalue weighted by Gasteiger charge is -2.17. The zero-order valence-corrected chi connectivity index (χ0v) is 14.6. The molecule has 1 amide bonds. The van der Waals surface area contributed by atoms with Gasteiger partial charge in [0.25, 0.3) is 5.91 Å². The van der Waals surface area contributed by atoms with Crippen molar-refractivity contribution in [2.75, 3.05) is 29.1 Å². The lowest BCUT2D eigenvalue weighted by molar-refractivity contribution is -0.301. The molecule has 1 aliphatic heterocycles. The third kappa shape index (κ3) is 4.76. The molecule has 3 rings (SSSR count). The van der Waals surface area contributed by atoms with Gasteiger partial charge in [0.15, 0.2) is 0 Å². The minimum Gasteiger partial charge on any atom is -0.549 e. The smallest absolute Gasteiger partial charge is 0.255 e. The quantitative estimate of drug-likeness (QED) is 0.806. The predicted molar refractivity (Wildman–Crippen MR) is 98.0 cm³/mol.